The Bertz CT molecular complexity index is 324. The zero-order chi connectivity index (χ0) is 11.8. The van der Waals surface area contributed by atoms with E-state index >= 15 is 0 Å². The van der Waals surface area contributed by atoms with Crippen LogP contribution in [0.4, 0.5) is 4.39 Å². The molecule has 0 bridgehead atoms. The molecule has 0 radical (unpaired) electrons. The maximum Gasteiger partial charge on any atom is 0.224 e. The molecular formula is C12H17FN2O. The lowest BCUT2D eigenvalue weighted by atomic mass is 10.1. The lowest BCUT2D eigenvalue weighted by Gasteiger charge is -2.04. The summed E-state index contributed by atoms with van der Waals surface area (Å²) in [5, 5.41) is 2.79. The number of nitrogens with two attached hydrogens (primary N) is 1. The summed E-state index contributed by atoms with van der Waals surface area (Å²) in [7, 11) is 0. The van der Waals surface area contributed by atoms with Crippen molar-refractivity contribution in [3.8, 4) is 0 Å². The minimum Gasteiger partial charge on any atom is -0.356 e. The Kier molecular flexibility index (Phi) is 5.50. The van der Waals surface area contributed by atoms with E-state index in [0.29, 0.717) is 19.5 Å². The van der Waals surface area contributed by atoms with Gasteiger partial charge in [0, 0.05) is 6.54 Å². The summed E-state index contributed by atoms with van der Waals surface area (Å²) in [6.45, 7) is 1.30. The van der Waals surface area contributed by atoms with Crippen molar-refractivity contribution in [2.45, 2.75) is 19.3 Å². The van der Waals surface area contributed by atoms with Crippen LogP contribution in [0.5, 0.6) is 0 Å². The van der Waals surface area contributed by atoms with E-state index in [0.717, 1.165) is 18.4 Å². The molecule has 0 saturated heterocycles. The fourth-order valence-electron chi connectivity index (χ4n) is 1.35. The van der Waals surface area contributed by atoms with E-state index in [1.807, 2.05) is 0 Å². The van der Waals surface area contributed by atoms with Crippen molar-refractivity contribution < 1.29 is 9.18 Å². The molecule has 0 unspecified atom stereocenters. The minimum absolute atomic E-state index is 0.0383. The summed E-state index contributed by atoms with van der Waals surface area (Å²) in [5.74, 6) is -0.323. The largest absolute Gasteiger partial charge is 0.356 e. The van der Waals surface area contributed by atoms with Crippen LogP contribution >= 0.6 is 0 Å². The molecule has 3 nitrogen and oxygen atoms in total. The van der Waals surface area contributed by atoms with Crippen molar-refractivity contribution in [1.29, 1.82) is 0 Å². The molecule has 1 aromatic rings. The Hall–Kier alpha value is -1.42. The van der Waals surface area contributed by atoms with Crippen molar-refractivity contribution in [3.05, 3.63) is 35.6 Å². The molecule has 0 aromatic heterocycles. The molecule has 0 aliphatic rings. The molecule has 0 saturated carbocycles. The molecule has 0 atom stereocenters. The number of rotatable bonds is 6. The van der Waals surface area contributed by atoms with Gasteiger partial charge in [-0.2, -0.15) is 0 Å². The fraction of sp³-hybridized carbons (Fsp3) is 0.417. The van der Waals surface area contributed by atoms with Gasteiger partial charge in [0.15, 0.2) is 0 Å². The third-order valence-corrected chi connectivity index (χ3v) is 2.23. The van der Waals surface area contributed by atoms with Crippen molar-refractivity contribution in [1.82, 2.24) is 5.32 Å². The number of hydrogen-bond donors (Lipinski definition) is 2. The van der Waals surface area contributed by atoms with Crippen molar-refractivity contribution in [2.24, 2.45) is 5.73 Å². The van der Waals surface area contributed by atoms with Gasteiger partial charge in [0.1, 0.15) is 5.82 Å². The second-order valence-electron chi connectivity index (χ2n) is 3.65. The number of carbonyl (C=O) groups excluding carboxylic acids is 1. The van der Waals surface area contributed by atoms with Crippen LogP contribution < -0.4 is 11.1 Å². The van der Waals surface area contributed by atoms with Crippen LogP contribution in [0.15, 0.2) is 24.3 Å². The zero-order valence-corrected chi connectivity index (χ0v) is 9.21. The number of hydrogen-bond acceptors (Lipinski definition) is 2. The molecular weight excluding hydrogens is 207 g/mol. The number of nitrogens with one attached hydrogen (secondary N) is 1. The molecule has 3 N–H and O–H groups in total. The third-order valence-electron chi connectivity index (χ3n) is 2.23. The van der Waals surface area contributed by atoms with Crippen LogP contribution in [0, 0.1) is 5.82 Å². The van der Waals surface area contributed by atoms with Crippen LogP contribution in [0.3, 0.4) is 0 Å². The van der Waals surface area contributed by atoms with E-state index in [1.165, 1.54) is 12.1 Å². The Balaban J connectivity index is 2.26. The lowest BCUT2D eigenvalue weighted by Crippen LogP contribution is -2.26. The second kappa shape index (κ2) is 6.95. The van der Waals surface area contributed by atoms with Gasteiger partial charge in [-0.15, -0.1) is 0 Å². The van der Waals surface area contributed by atoms with Crippen LogP contribution in [0.25, 0.3) is 0 Å². The number of halogens is 1. The first-order chi connectivity index (χ1) is 7.72. The highest BCUT2D eigenvalue weighted by Gasteiger charge is 2.02. The number of amides is 1. The SMILES string of the molecule is NCCCCNC(=O)Cc1ccc(F)cc1. The molecule has 1 amide bonds. The normalized spacial score (nSPS) is 10.1. The molecule has 0 heterocycles. The second-order valence-corrected chi connectivity index (χ2v) is 3.65. The summed E-state index contributed by atoms with van der Waals surface area (Å²) in [6, 6.07) is 5.96. The van der Waals surface area contributed by atoms with Gasteiger partial charge in [-0.1, -0.05) is 12.1 Å². The van der Waals surface area contributed by atoms with Gasteiger partial charge in [0.2, 0.25) is 5.91 Å². The van der Waals surface area contributed by atoms with Gasteiger partial charge < -0.3 is 11.1 Å². The molecule has 1 rings (SSSR count). The summed E-state index contributed by atoms with van der Waals surface area (Å²) in [4.78, 5) is 11.4. The van der Waals surface area contributed by atoms with E-state index < -0.39 is 0 Å². The fourth-order valence-corrected chi connectivity index (χ4v) is 1.35. The van der Waals surface area contributed by atoms with Gasteiger partial charge in [-0.05, 0) is 37.1 Å². The lowest BCUT2D eigenvalue weighted by molar-refractivity contribution is -0.120. The third kappa shape index (κ3) is 4.89. The summed E-state index contributed by atoms with van der Waals surface area (Å²) >= 11 is 0. The van der Waals surface area contributed by atoms with Crippen molar-refractivity contribution in [2.75, 3.05) is 13.1 Å². The minimum atomic E-state index is -0.285. The van der Waals surface area contributed by atoms with Gasteiger partial charge in [0.25, 0.3) is 0 Å². The molecule has 0 fully saturated rings. The van der Waals surface area contributed by atoms with Crippen LogP contribution in [-0.4, -0.2) is 19.0 Å². The monoisotopic (exact) mass is 224 g/mol. The number of carbonyl (C=O) groups is 1. The molecule has 4 heteroatoms. The highest BCUT2D eigenvalue weighted by Crippen LogP contribution is 2.03. The highest BCUT2D eigenvalue weighted by molar-refractivity contribution is 5.78. The Morgan fingerprint density at radius 2 is 1.94 bits per heavy atom. The maximum atomic E-state index is 12.6. The Morgan fingerprint density at radius 1 is 1.25 bits per heavy atom. The number of benzene rings is 1. The first-order valence-electron chi connectivity index (χ1n) is 5.43. The van der Waals surface area contributed by atoms with E-state index in [-0.39, 0.29) is 11.7 Å². The van der Waals surface area contributed by atoms with Crippen molar-refractivity contribution in [3.63, 3.8) is 0 Å². The Labute approximate surface area is 94.8 Å². The number of unbranched alkanes of at least 4 members (excludes halogenated alkanes) is 1. The summed E-state index contributed by atoms with van der Waals surface area (Å²) in [6.07, 6.45) is 2.10. The summed E-state index contributed by atoms with van der Waals surface area (Å²) < 4.78 is 12.6. The van der Waals surface area contributed by atoms with Crippen LogP contribution in [0.2, 0.25) is 0 Å². The summed E-state index contributed by atoms with van der Waals surface area (Å²) in [5.41, 5.74) is 6.15. The topological polar surface area (TPSA) is 55.1 Å². The first kappa shape index (κ1) is 12.6. The highest BCUT2D eigenvalue weighted by atomic mass is 19.1. The molecule has 0 aliphatic heterocycles. The molecule has 0 aliphatic carbocycles. The first-order valence-corrected chi connectivity index (χ1v) is 5.43. The standard InChI is InChI=1S/C12H17FN2O/c13-11-5-3-10(4-6-11)9-12(16)15-8-2-1-7-14/h3-6H,1-2,7-9,14H2,(H,15,16). The van der Waals surface area contributed by atoms with Crippen molar-refractivity contribution >= 4 is 5.91 Å². The van der Waals surface area contributed by atoms with Crippen LogP contribution in [0.1, 0.15) is 18.4 Å². The van der Waals surface area contributed by atoms with E-state index in [9.17, 15) is 9.18 Å². The van der Waals surface area contributed by atoms with E-state index in [1.54, 1.807) is 12.1 Å². The molecule has 88 valence electrons. The molecule has 1 aromatic carbocycles. The smallest absolute Gasteiger partial charge is 0.224 e. The molecule has 0 spiro atoms. The quantitative estimate of drug-likeness (QED) is 0.714. The maximum absolute atomic E-state index is 12.6. The zero-order valence-electron chi connectivity index (χ0n) is 9.21. The van der Waals surface area contributed by atoms with Crippen LogP contribution in [-0.2, 0) is 11.2 Å². The Morgan fingerprint density at radius 3 is 2.56 bits per heavy atom. The van der Waals surface area contributed by atoms with E-state index in [2.05, 4.69) is 5.32 Å². The average molecular weight is 224 g/mol. The van der Waals surface area contributed by atoms with Gasteiger partial charge in [-0.25, -0.2) is 4.39 Å². The van der Waals surface area contributed by atoms with Gasteiger partial charge in [0.05, 0.1) is 6.42 Å². The predicted molar refractivity (Wildman–Crippen MR) is 61.4 cm³/mol. The molecule has 16 heavy (non-hydrogen) atoms. The average Bonchev–Trinajstić information content (AvgIpc) is 2.28. The van der Waals surface area contributed by atoms with E-state index in [4.69, 9.17) is 5.73 Å². The van der Waals surface area contributed by atoms with Gasteiger partial charge >= 0.3 is 0 Å². The van der Waals surface area contributed by atoms with Gasteiger partial charge in [-0.3, -0.25) is 4.79 Å². The predicted octanol–water partition coefficient (Wildman–Crippen LogP) is 1.22.